The summed E-state index contributed by atoms with van der Waals surface area (Å²) in [7, 11) is 1.16. The molecule has 9 unspecified atom stereocenters. The van der Waals surface area contributed by atoms with Gasteiger partial charge >= 0.3 is 24.0 Å². The van der Waals surface area contributed by atoms with Crippen molar-refractivity contribution in [3.8, 4) is 0 Å². The number of ether oxygens (including phenoxy) is 6. The number of aliphatic hydroxyl groups is 5. The van der Waals surface area contributed by atoms with Gasteiger partial charge in [-0.25, -0.2) is 4.79 Å². The van der Waals surface area contributed by atoms with Crippen LogP contribution in [-0.2, 0) is 42.8 Å². The molecule has 15 atom stereocenters. The number of nitrogens with one attached hydrogen (secondary N) is 1. The van der Waals surface area contributed by atoms with Crippen molar-refractivity contribution in [3.63, 3.8) is 0 Å². The second-order valence-corrected chi connectivity index (χ2v) is 14.2. The van der Waals surface area contributed by atoms with Gasteiger partial charge in [0.15, 0.2) is 18.7 Å². The van der Waals surface area contributed by atoms with Gasteiger partial charge in [0.05, 0.1) is 37.9 Å². The van der Waals surface area contributed by atoms with E-state index in [0.717, 1.165) is 26.4 Å². The predicted molar refractivity (Wildman–Crippen MR) is 168 cm³/mol. The summed E-state index contributed by atoms with van der Waals surface area (Å²) in [5.41, 5.74) is 0. The van der Waals surface area contributed by atoms with Crippen LogP contribution in [0.4, 0.5) is 13.2 Å². The highest BCUT2D eigenvalue weighted by molar-refractivity contribution is 5.82. The fraction of sp³-hybridized carbons (Fsp3) is 0.909. The number of hydrogen-bond donors (Lipinski definition) is 7. The molecule has 4 rings (SSSR count). The third-order valence-electron chi connectivity index (χ3n) is 10.7. The van der Waals surface area contributed by atoms with Crippen molar-refractivity contribution in [2.24, 2.45) is 17.8 Å². The molecule has 52 heavy (non-hydrogen) atoms. The number of aliphatic hydroxyl groups excluding tert-OH is 5. The van der Waals surface area contributed by atoms with Gasteiger partial charge in [-0.05, 0) is 38.0 Å². The van der Waals surface area contributed by atoms with Gasteiger partial charge in [0, 0.05) is 0 Å². The molecule has 4 aliphatic rings. The Morgan fingerprint density at radius 2 is 1.58 bits per heavy atom. The minimum atomic E-state index is -5.45. The van der Waals surface area contributed by atoms with Gasteiger partial charge in [-0.1, -0.05) is 45.4 Å². The Hall–Kier alpha value is -2.20. The lowest BCUT2D eigenvalue weighted by molar-refractivity contribution is -0.339. The molecule has 2 aliphatic heterocycles. The van der Waals surface area contributed by atoms with Crippen LogP contribution in [0.3, 0.4) is 0 Å². The Kier molecular flexibility index (Phi) is 15.1. The first-order valence-electron chi connectivity index (χ1n) is 17.8. The Morgan fingerprint density at radius 3 is 2.15 bits per heavy atom. The molecule has 2 heterocycles. The molecular weight excluding hydrogens is 707 g/mol. The number of carboxylic acids is 1. The van der Waals surface area contributed by atoms with Crippen LogP contribution in [0.1, 0.15) is 71.6 Å². The first-order chi connectivity index (χ1) is 24.5. The Morgan fingerprint density at radius 1 is 0.904 bits per heavy atom. The molecule has 7 N–H and O–H groups in total. The minimum Gasteiger partial charge on any atom is -0.479 e. The number of halogens is 3. The summed E-state index contributed by atoms with van der Waals surface area (Å²) in [6.07, 6.45) is -20.0. The minimum absolute atomic E-state index is 0.0329. The Labute approximate surface area is 298 Å². The molecule has 2 saturated carbocycles. The number of hydrogen-bond acceptors (Lipinski definition) is 14. The molecule has 2 aliphatic carbocycles. The van der Waals surface area contributed by atoms with E-state index >= 15 is 0 Å². The van der Waals surface area contributed by atoms with Crippen LogP contribution in [0.2, 0.25) is 0 Å². The van der Waals surface area contributed by atoms with Crippen molar-refractivity contribution in [2.45, 2.75) is 157 Å². The van der Waals surface area contributed by atoms with E-state index in [1.165, 1.54) is 6.92 Å². The zero-order valence-electron chi connectivity index (χ0n) is 29.3. The van der Waals surface area contributed by atoms with Gasteiger partial charge in [-0.15, -0.1) is 0 Å². The molecule has 0 aromatic carbocycles. The zero-order chi connectivity index (χ0) is 38.5. The number of aliphatic carboxylic acids is 1. The van der Waals surface area contributed by atoms with E-state index in [9.17, 15) is 58.2 Å². The highest BCUT2D eigenvalue weighted by Crippen LogP contribution is 2.40. The van der Waals surface area contributed by atoms with Crippen LogP contribution in [0.5, 0.6) is 0 Å². The topological polar surface area (TPSA) is 240 Å². The average molecular weight is 760 g/mol. The van der Waals surface area contributed by atoms with Crippen LogP contribution >= 0.6 is 0 Å². The molecule has 19 heteroatoms. The maximum absolute atomic E-state index is 13.7. The largest absolute Gasteiger partial charge is 0.479 e. The van der Waals surface area contributed by atoms with Gasteiger partial charge in [0.1, 0.15) is 42.7 Å². The number of carbonyl (C=O) groups is 3. The summed E-state index contributed by atoms with van der Waals surface area (Å²) in [5, 5.41) is 64.5. The Bertz CT molecular complexity index is 1190. The van der Waals surface area contributed by atoms with Crippen molar-refractivity contribution >= 4 is 17.8 Å². The number of esters is 1. The molecule has 4 fully saturated rings. The van der Waals surface area contributed by atoms with E-state index in [-0.39, 0.29) is 25.2 Å². The third-order valence-corrected chi connectivity index (χ3v) is 10.7. The van der Waals surface area contributed by atoms with Gasteiger partial charge < -0.3 is 64.4 Å². The molecule has 300 valence electrons. The van der Waals surface area contributed by atoms with E-state index < -0.39 is 122 Å². The summed E-state index contributed by atoms with van der Waals surface area (Å²) in [5.74, 6) is -6.07. The maximum atomic E-state index is 13.7. The van der Waals surface area contributed by atoms with Crippen LogP contribution in [0, 0.1) is 17.8 Å². The van der Waals surface area contributed by atoms with Crippen LogP contribution in [0.25, 0.3) is 0 Å². The standard InChI is InChI=1S/C33H52F3NO15/c1-4-16-11-17(29(45)47-3)12-18(26(16)52-31-25(42)24(41)22(39)14(2)48-31)50-30-21(37-32(46)33(34,35)36)27(23(40)20(13-38)51-30)49-19(28(43)44)10-15-8-6-5-7-9-15/h14-27,30-31,38-42H,4-13H2,1-3H3,(H,37,46)(H,43,44)/t14-,16?,17?,18+,19-,20?,21?,22?,23-,24?,25-,26?,27?,30+,31?/m0/s1. The highest BCUT2D eigenvalue weighted by Gasteiger charge is 2.54. The van der Waals surface area contributed by atoms with Crippen molar-refractivity contribution in [1.82, 2.24) is 5.32 Å². The van der Waals surface area contributed by atoms with E-state index in [4.69, 9.17) is 28.4 Å². The SMILES string of the molecule is CCC1CC(C(=O)OC)C[C@@H](O[C@@H]2OC(CO)[C@H](O)C(O[C@@H](CC3CCCCC3)C(=O)O)C2NC(=O)C(F)(F)F)C1OC1O[C@@H](C)C(O)C(O)[C@@H]1O. The van der Waals surface area contributed by atoms with Crippen molar-refractivity contribution in [3.05, 3.63) is 0 Å². The monoisotopic (exact) mass is 759 g/mol. The van der Waals surface area contributed by atoms with E-state index in [2.05, 4.69) is 0 Å². The second-order valence-electron chi connectivity index (χ2n) is 14.2. The predicted octanol–water partition coefficient (Wildman–Crippen LogP) is 0.128. The second kappa shape index (κ2) is 18.4. The van der Waals surface area contributed by atoms with Gasteiger partial charge in [-0.2, -0.15) is 13.2 Å². The molecular formula is C33H52F3NO15. The first kappa shape index (κ1) is 42.5. The van der Waals surface area contributed by atoms with Gasteiger partial charge in [0.25, 0.3) is 0 Å². The first-order valence-corrected chi connectivity index (χ1v) is 17.8. The lowest BCUT2D eigenvalue weighted by Gasteiger charge is -2.49. The molecule has 1 amide bonds. The number of rotatable bonds is 13. The molecule has 0 aromatic rings. The number of alkyl halides is 3. The van der Waals surface area contributed by atoms with E-state index in [0.29, 0.717) is 19.3 Å². The number of carbonyl (C=O) groups excluding carboxylic acids is 2. The lowest BCUT2D eigenvalue weighted by Crippen LogP contribution is -2.68. The lowest BCUT2D eigenvalue weighted by atomic mass is 9.76. The Balaban J connectivity index is 1.71. The smallest absolute Gasteiger partial charge is 0.471 e. The molecule has 0 aromatic heterocycles. The average Bonchev–Trinajstić information content (AvgIpc) is 3.11. The number of amides is 1. The maximum Gasteiger partial charge on any atom is 0.471 e. The fourth-order valence-electron chi connectivity index (χ4n) is 7.72. The highest BCUT2D eigenvalue weighted by atomic mass is 19.4. The molecule has 0 spiro atoms. The van der Waals surface area contributed by atoms with E-state index in [1.807, 2.05) is 0 Å². The zero-order valence-corrected chi connectivity index (χ0v) is 29.3. The number of methoxy groups -OCH3 is 1. The molecule has 2 saturated heterocycles. The fourth-order valence-corrected chi connectivity index (χ4v) is 7.72. The van der Waals surface area contributed by atoms with Crippen molar-refractivity contribution in [1.29, 1.82) is 0 Å². The third kappa shape index (κ3) is 10.1. The summed E-state index contributed by atoms with van der Waals surface area (Å²) in [4.78, 5) is 37.6. The summed E-state index contributed by atoms with van der Waals surface area (Å²) in [6, 6.07) is -2.02. The summed E-state index contributed by atoms with van der Waals surface area (Å²) in [6.45, 7) is 2.26. The molecule has 0 radical (unpaired) electrons. The summed E-state index contributed by atoms with van der Waals surface area (Å²) >= 11 is 0. The molecule has 16 nitrogen and oxygen atoms in total. The van der Waals surface area contributed by atoms with Crippen molar-refractivity contribution in [2.75, 3.05) is 13.7 Å². The van der Waals surface area contributed by atoms with Crippen LogP contribution in [0.15, 0.2) is 0 Å². The van der Waals surface area contributed by atoms with Gasteiger partial charge in [-0.3, -0.25) is 9.59 Å². The molecule has 0 bridgehead atoms. The van der Waals surface area contributed by atoms with Crippen LogP contribution in [-0.4, -0.2) is 148 Å². The normalized spacial score (nSPS) is 39.8. The van der Waals surface area contributed by atoms with Crippen LogP contribution < -0.4 is 5.32 Å². The van der Waals surface area contributed by atoms with Gasteiger partial charge in [0.2, 0.25) is 0 Å². The van der Waals surface area contributed by atoms with Crippen molar-refractivity contribution < 1.29 is 86.6 Å². The quantitative estimate of drug-likeness (QED) is 0.124. The summed E-state index contributed by atoms with van der Waals surface area (Å²) < 4.78 is 75.7. The number of carboxylic acid groups (broad SMARTS) is 1. The van der Waals surface area contributed by atoms with E-state index in [1.54, 1.807) is 12.2 Å².